The van der Waals surface area contributed by atoms with Gasteiger partial charge in [0.1, 0.15) is 0 Å². The molecular weight excluding hydrogens is 206 g/mol. The number of aromatic nitrogens is 1. The number of carboxylic acid groups (broad SMARTS) is 1. The van der Waals surface area contributed by atoms with Crippen molar-refractivity contribution in [1.29, 1.82) is 0 Å². The van der Waals surface area contributed by atoms with Gasteiger partial charge in [-0.3, -0.25) is 9.78 Å². The third-order valence-electron chi connectivity index (χ3n) is 2.25. The lowest BCUT2D eigenvalue weighted by Gasteiger charge is -2.00. The summed E-state index contributed by atoms with van der Waals surface area (Å²) < 4.78 is 0. The highest BCUT2D eigenvalue weighted by atomic mass is 16.4. The molecule has 0 aliphatic rings. The van der Waals surface area contributed by atoms with Gasteiger partial charge >= 0.3 is 5.97 Å². The van der Waals surface area contributed by atoms with Crippen molar-refractivity contribution in [3.63, 3.8) is 0 Å². The highest BCUT2D eigenvalue weighted by molar-refractivity contribution is 6.33. The van der Waals surface area contributed by atoms with E-state index in [-0.39, 0.29) is 6.42 Å². The predicted molar refractivity (Wildman–Crippen MR) is 58.1 cm³/mol. The first-order valence-electron chi connectivity index (χ1n) is 4.76. The van der Waals surface area contributed by atoms with Gasteiger partial charge in [0.2, 0.25) is 5.78 Å². The average Bonchev–Trinajstić information content (AvgIpc) is 2.28. The molecule has 0 fully saturated rings. The molecule has 1 N–H and O–H groups in total. The van der Waals surface area contributed by atoms with Gasteiger partial charge < -0.3 is 5.11 Å². The molecule has 1 heterocycles. The molecule has 4 nitrogen and oxygen atoms in total. The Kier molecular flexibility index (Phi) is 2.64. The Morgan fingerprint density at radius 2 is 2.00 bits per heavy atom. The van der Waals surface area contributed by atoms with Crippen molar-refractivity contribution < 1.29 is 14.7 Å². The number of Topliss-reactive ketones (excluding diaryl/α,β-unsaturated/α-hetero) is 1. The summed E-state index contributed by atoms with van der Waals surface area (Å²) in [6.07, 6.45) is 1.41. The van der Waals surface area contributed by atoms with Crippen LogP contribution >= 0.6 is 0 Å². The van der Waals surface area contributed by atoms with Crippen molar-refractivity contribution in [2.75, 3.05) is 0 Å². The third-order valence-corrected chi connectivity index (χ3v) is 2.25. The smallest absolute Gasteiger partial charge is 0.372 e. The van der Waals surface area contributed by atoms with Crippen molar-refractivity contribution in [1.82, 2.24) is 4.98 Å². The zero-order chi connectivity index (χ0) is 11.5. The summed E-state index contributed by atoms with van der Waals surface area (Å²) in [6.45, 7) is 0. The molecule has 4 heteroatoms. The first-order chi connectivity index (χ1) is 7.66. The highest BCUT2D eigenvalue weighted by Gasteiger charge is 2.12. The minimum absolute atomic E-state index is 0.118. The number of hydrogen-bond donors (Lipinski definition) is 1. The monoisotopic (exact) mass is 215 g/mol. The highest BCUT2D eigenvalue weighted by Crippen LogP contribution is 2.13. The number of carbonyl (C=O) groups is 2. The van der Waals surface area contributed by atoms with Crippen LogP contribution in [0, 0.1) is 0 Å². The molecule has 0 spiro atoms. The molecule has 0 saturated carbocycles. The van der Waals surface area contributed by atoms with Crippen LogP contribution in [0.4, 0.5) is 0 Å². The third kappa shape index (κ3) is 2.06. The molecule has 0 unspecified atom stereocenters. The number of carboxylic acids is 1. The topological polar surface area (TPSA) is 67.3 Å². The fourth-order valence-electron chi connectivity index (χ4n) is 1.47. The zero-order valence-electron chi connectivity index (χ0n) is 8.38. The second-order valence-electron chi connectivity index (χ2n) is 3.44. The number of pyridine rings is 1. The number of fused-ring (bicyclic) bond motifs is 1. The Hall–Kier alpha value is -2.23. The number of rotatable bonds is 3. The van der Waals surface area contributed by atoms with E-state index in [1.165, 1.54) is 6.20 Å². The van der Waals surface area contributed by atoms with Crippen LogP contribution in [-0.2, 0) is 16.0 Å². The Labute approximate surface area is 91.5 Å². The molecule has 0 aliphatic heterocycles. The van der Waals surface area contributed by atoms with Gasteiger partial charge in [-0.05, 0) is 17.7 Å². The van der Waals surface area contributed by atoms with Gasteiger partial charge in [-0.1, -0.05) is 18.2 Å². The van der Waals surface area contributed by atoms with Crippen LogP contribution < -0.4 is 0 Å². The fourth-order valence-corrected chi connectivity index (χ4v) is 1.47. The summed E-state index contributed by atoms with van der Waals surface area (Å²) in [6, 6.07) is 9.25. The second kappa shape index (κ2) is 4.10. The summed E-state index contributed by atoms with van der Waals surface area (Å²) in [4.78, 5) is 25.6. The van der Waals surface area contributed by atoms with Crippen molar-refractivity contribution in [2.45, 2.75) is 6.42 Å². The van der Waals surface area contributed by atoms with Crippen molar-refractivity contribution in [3.05, 3.63) is 42.1 Å². The molecule has 0 amide bonds. The summed E-state index contributed by atoms with van der Waals surface area (Å²) >= 11 is 0. The number of benzene rings is 1. The summed E-state index contributed by atoms with van der Waals surface area (Å²) in [5.74, 6) is -2.23. The molecule has 1 aromatic carbocycles. The molecule has 0 aliphatic carbocycles. The Bertz CT molecular complexity index is 563. The molecule has 0 radical (unpaired) electrons. The van der Waals surface area contributed by atoms with E-state index in [2.05, 4.69) is 4.98 Å². The van der Waals surface area contributed by atoms with Crippen molar-refractivity contribution in [2.24, 2.45) is 0 Å². The minimum Gasteiger partial charge on any atom is -0.475 e. The number of carbonyl (C=O) groups excluding carboxylic acids is 1. The summed E-state index contributed by atoms with van der Waals surface area (Å²) in [5.41, 5.74) is 1.44. The van der Waals surface area contributed by atoms with Gasteiger partial charge in [0.05, 0.1) is 5.52 Å². The van der Waals surface area contributed by atoms with E-state index in [1.807, 2.05) is 24.3 Å². The Balaban J connectivity index is 2.33. The standard InChI is InChI=1S/C12H9NO3/c14-11(12(15)16)6-8-5-9-3-1-2-4-10(9)13-7-8/h1-5,7H,6H2,(H,15,16). The molecule has 80 valence electrons. The number of hydrogen-bond acceptors (Lipinski definition) is 3. The van der Waals surface area contributed by atoms with Crippen LogP contribution in [0.1, 0.15) is 5.56 Å². The van der Waals surface area contributed by atoms with Gasteiger partial charge in [-0.15, -0.1) is 0 Å². The van der Waals surface area contributed by atoms with Gasteiger partial charge in [0.25, 0.3) is 0 Å². The van der Waals surface area contributed by atoms with Gasteiger partial charge in [0, 0.05) is 18.0 Å². The maximum Gasteiger partial charge on any atom is 0.372 e. The van der Waals surface area contributed by atoms with E-state index in [0.29, 0.717) is 5.56 Å². The fraction of sp³-hybridized carbons (Fsp3) is 0.0833. The van der Waals surface area contributed by atoms with E-state index < -0.39 is 11.8 Å². The van der Waals surface area contributed by atoms with E-state index in [0.717, 1.165) is 10.9 Å². The number of nitrogens with zero attached hydrogens (tertiary/aromatic N) is 1. The summed E-state index contributed by atoms with van der Waals surface area (Å²) in [5, 5.41) is 9.39. The second-order valence-corrected chi connectivity index (χ2v) is 3.44. The maximum absolute atomic E-state index is 11.0. The molecule has 0 bridgehead atoms. The predicted octanol–water partition coefficient (Wildman–Crippen LogP) is 1.43. The van der Waals surface area contributed by atoms with E-state index in [9.17, 15) is 9.59 Å². The van der Waals surface area contributed by atoms with Crippen LogP contribution in [0.2, 0.25) is 0 Å². The van der Waals surface area contributed by atoms with Crippen LogP contribution in [0.3, 0.4) is 0 Å². The number of aliphatic carboxylic acids is 1. The minimum atomic E-state index is -1.41. The summed E-state index contributed by atoms with van der Waals surface area (Å²) in [7, 11) is 0. The molecule has 2 aromatic rings. The number of para-hydroxylation sites is 1. The quantitative estimate of drug-likeness (QED) is 0.786. The van der Waals surface area contributed by atoms with E-state index in [1.54, 1.807) is 6.07 Å². The van der Waals surface area contributed by atoms with Crippen molar-refractivity contribution in [3.8, 4) is 0 Å². The molecular formula is C12H9NO3. The van der Waals surface area contributed by atoms with Crippen molar-refractivity contribution >= 4 is 22.7 Å². The first kappa shape index (κ1) is 10.3. The van der Waals surface area contributed by atoms with E-state index >= 15 is 0 Å². The SMILES string of the molecule is O=C(O)C(=O)Cc1cnc2ccccc2c1. The molecule has 16 heavy (non-hydrogen) atoms. The lowest BCUT2D eigenvalue weighted by molar-refractivity contribution is -0.148. The van der Waals surface area contributed by atoms with Crippen LogP contribution in [-0.4, -0.2) is 21.8 Å². The molecule has 2 rings (SSSR count). The van der Waals surface area contributed by atoms with Gasteiger partial charge in [-0.25, -0.2) is 4.79 Å². The lowest BCUT2D eigenvalue weighted by Crippen LogP contribution is -2.15. The molecule has 0 atom stereocenters. The van der Waals surface area contributed by atoms with Gasteiger partial charge in [-0.2, -0.15) is 0 Å². The lowest BCUT2D eigenvalue weighted by atomic mass is 10.1. The van der Waals surface area contributed by atoms with Crippen LogP contribution in [0.25, 0.3) is 10.9 Å². The van der Waals surface area contributed by atoms with Crippen LogP contribution in [0.5, 0.6) is 0 Å². The first-order valence-corrected chi connectivity index (χ1v) is 4.76. The molecule has 1 aromatic heterocycles. The van der Waals surface area contributed by atoms with Crippen LogP contribution in [0.15, 0.2) is 36.5 Å². The van der Waals surface area contributed by atoms with E-state index in [4.69, 9.17) is 5.11 Å². The Morgan fingerprint density at radius 3 is 2.75 bits per heavy atom. The largest absolute Gasteiger partial charge is 0.475 e. The maximum atomic E-state index is 11.0. The average molecular weight is 215 g/mol. The Morgan fingerprint density at radius 1 is 1.25 bits per heavy atom. The normalized spacial score (nSPS) is 10.2. The number of ketones is 1. The molecule has 0 saturated heterocycles. The van der Waals surface area contributed by atoms with Gasteiger partial charge in [0.15, 0.2) is 0 Å². The zero-order valence-corrected chi connectivity index (χ0v) is 8.38.